The van der Waals surface area contributed by atoms with Gasteiger partial charge in [0.25, 0.3) is 0 Å². The SMILES string of the molecule is COCC[C@@H]([C@@H]1C[C@H]1C(=O)NC1CC(C)(C)Oc2cccc(OC(F)(F)F)c21)N1C(=N)NC(C)(C)CC1=O.O=C(O)C(F)(F)F. The number of amides is 2. The molecule has 2 amide bonds. The highest BCUT2D eigenvalue weighted by Gasteiger charge is 2.53. The highest BCUT2D eigenvalue weighted by molar-refractivity contribution is 5.99. The second-order valence-corrected chi connectivity index (χ2v) is 12.3. The molecule has 1 aliphatic carbocycles. The van der Waals surface area contributed by atoms with Crippen molar-refractivity contribution in [3.05, 3.63) is 23.8 Å². The van der Waals surface area contributed by atoms with E-state index in [-0.39, 0.29) is 47.8 Å². The van der Waals surface area contributed by atoms with E-state index in [1.165, 1.54) is 17.0 Å². The minimum Gasteiger partial charge on any atom is -0.487 e. The van der Waals surface area contributed by atoms with Gasteiger partial charge in [-0.05, 0) is 58.6 Å². The van der Waals surface area contributed by atoms with Gasteiger partial charge in [0.2, 0.25) is 11.8 Å². The molecule has 3 aliphatic rings. The molecule has 45 heavy (non-hydrogen) atoms. The molecular formula is C28H36F6N4O7. The Morgan fingerprint density at radius 2 is 1.82 bits per heavy atom. The van der Waals surface area contributed by atoms with Gasteiger partial charge in [-0.2, -0.15) is 13.2 Å². The summed E-state index contributed by atoms with van der Waals surface area (Å²) < 4.78 is 86.4. The van der Waals surface area contributed by atoms with Gasteiger partial charge in [0.05, 0.1) is 11.6 Å². The summed E-state index contributed by atoms with van der Waals surface area (Å²) in [6.45, 7) is 7.64. The molecule has 2 heterocycles. The van der Waals surface area contributed by atoms with Gasteiger partial charge < -0.3 is 30.0 Å². The van der Waals surface area contributed by atoms with Crippen molar-refractivity contribution >= 4 is 23.7 Å². The van der Waals surface area contributed by atoms with Crippen LogP contribution in [0.15, 0.2) is 18.2 Å². The van der Waals surface area contributed by atoms with Crippen molar-refractivity contribution in [2.45, 2.75) is 89.1 Å². The van der Waals surface area contributed by atoms with Crippen LogP contribution in [0.2, 0.25) is 0 Å². The lowest BCUT2D eigenvalue weighted by Gasteiger charge is -2.42. The third-order valence-electron chi connectivity index (χ3n) is 7.42. The second-order valence-electron chi connectivity index (χ2n) is 12.3. The number of rotatable bonds is 8. The van der Waals surface area contributed by atoms with E-state index in [2.05, 4.69) is 15.4 Å². The van der Waals surface area contributed by atoms with Gasteiger partial charge in [-0.25, -0.2) is 4.79 Å². The maximum atomic E-state index is 13.4. The van der Waals surface area contributed by atoms with Crippen LogP contribution in [0.25, 0.3) is 0 Å². The lowest BCUT2D eigenvalue weighted by molar-refractivity contribution is -0.275. The number of alkyl halides is 6. The smallest absolute Gasteiger partial charge is 0.487 e. The first-order chi connectivity index (χ1) is 20.5. The molecule has 4 N–H and O–H groups in total. The Hall–Kier alpha value is -3.76. The van der Waals surface area contributed by atoms with E-state index in [4.69, 9.17) is 24.8 Å². The molecule has 17 heteroatoms. The summed E-state index contributed by atoms with van der Waals surface area (Å²) in [4.78, 5) is 36.7. The zero-order valence-electron chi connectivity index (χ0n) is 25.2. The lowest BCUT2D eigenvalue weighted by Crippen LogP contribution is -2.63. The van der Waals surface area contributed by atoms with Crippen LogP contribution in [0.4, 0.5) is 26.3 Å². The first-order valence-electron chi connectivity index (χ1n) is 13.9. The molecule has 4 atom stereocenters. The van der Waals surface area contributed by atoms with Crippen LogP contribution in [0.1, 0.15) is 65.0 Å². The van der Waals surface area contributed by atoms with E-state index in [0.29, 0.717) is 19.4 Å². The zero-order valence-corrected chi connectivity index (χ0v) is 25.2. The molecule has 1 saturated heterocycles. The Balaban J connectivity index is 0.000000707. The fourth-order valence-electron chi connectivity index (χ4n) is 5.58. The standard InChI is InChI=1S/C26H35F3N4O5.C2HF3O2/c1-24(2)13-20(34)33(23(30)32-24)17(9-10-36-5)14-11-15(14)22(35)31-16-12-25(3,4)37-18-7-6-8-19(21(16)18)38-26(27,28)29;3-2(4,5)1(6)7/h6-8,14-17H,9-13H2,1-5H3,(H2,30,32)(H,31,35);(H,6,7)/t14-,15-,16?,17+;/m1./s1. The number of guanidine groups is 1. The van der Waals surface area contributed by atoms with E-state index in [1.54, 1.807) is 27.0 Å². The normalized spacial score (nSPS) is 24.2. The van der Waals surface area contributed by atoms with Crippen LogP contribution in [0, 0.1) is 17.2 Å². The van der Waals surface area contributed by atoms with Crippen LogP contribution in [-0.2, 0) is 19.1 Å². The fraction of sp³-hybridized carbons (Fsp3) is 0.643. The quantitative estimate of drug-likeness (QED) is 0.299. The minimum atomic E-state index is -5.08. The summed E-state index contributed by atoms with van der Waals surface area (Å²) in [6, 6.07) is 2.99. The number of carbonyl (C=O) groups excluding carboxylic acids is 2. The number of aliphatic carboxylic acids is 1. The average Bonchev–Trinajstić information content (AvgIpc) is 3.64. The molecule has 2 aliphatic heterocycles. The summed E-state index contributed by atoms with van der Waals surface area (Å²) in [6.07, 6.45) is -8.61. The van der Waals surface area contributed by atoms with E-state index < -0.39 is 53.4 Å². The molecular weight excluding hydrogens is 618 g/mol. The topological polar surface area (TPSA) is 150 Å². The maximum absolute atomic E-state index is 13.4. The predicted molar refractivity (Wildman–Crippen MR) is 145 cm³/mol. The number of halogens is 6. The fourth-order valence-corrected chi connectivity index (χ4v) is 5.58. The van der Waals surface area contributed by atoms with Gasteiger partial charge in [-0.3, -0.25) is 19.9 Å². The third kappa shape index (κ3) is 9.37. The number of nitrogens with zero attached hydrogens (tertiary/aromatic N) is 1. The van der Waals surface area contributed by atoms with Gasteiger partial charge in [0.15, 0.2) is 5.96 Å². The summed E-state index contributed by atoms with van der Waals surface area (Å²) in [5.74, 6) is -4.15. The zero-order chi connectivity index (χ0) is 34.1. The molecule has 1 unspecified atom stereocenters. The summed E-state index contributed by atoms with van der Waals surface area (Å²) in [7, 11) is 1.55. The number of nitrogens with one attached hydrogen (secondary N) is 3. The Bertz CT molecular complexity index is 1280. The number of benzene rings is 1. The molecule has 1 aromatic carbocycles. The Kier molecular flexibility index (Phi) is 10.3. The van der Waals surface area contributed by atoms with Crippen molar-refractivity contribution in [2.75, 3.05) is 13.7 Å². The van der Waals surface area contributed by atoms with E-state index in [9.17, 15) is 35.9 Å². The van der Waals surface area contributed by atoms with Crippen LogP contribution < -0.4 is 20.1 Å². The Labute approximate surface area is 255 Å². The van der Waals surface area contributed by atoms with Crippen molar-refractivity contribution in [1.29, 1.82) is 5.41 Å². The van der Waals surface area contributed by atoms with Crippen LogP contribution >= 0.6 is 0 Å². The second kappa shape index (κ2) is 12.9. The van der Waals surface area contributed by atoms with Crippen molar-refractivity contribution in [3.63, 3.8) is 0 Å². The van der Waals surface area contributed by atoms with E-state index >= 15 is 0 Å². The first-order valence-corrected chi connectivity index (χ1v) is 13.9. The number of carboxylic acids is 1. The van der Waals surface area contributed by atoms with Crippen molar-refractivity contribution in [1.82, 2.24) is 15.5 Å². The molecule has 0 bridgehead atoms. The molecule has 252 valence electrons. The number of fused-ring (bicyclic) bond motifs is 1. The minimum absolute atomic E-state index is 0.00698. The molecule has 2 fully saturated rings. The van der Waals surface area contributed by atoms with E-state index in [1.807, 2.05) is 13.8 Å². The maximum Gasteiger partial charge on any atom is 0.573 e. The van der Waals surface area contributed by atoms with Crippen molar-refractivity contribution < 1.29 is 60.0 Å². The van der Waals surface area contributed by atoms with Crippen molar-refractivity contribution in [3.8, 4) is 11.5 Å². The highest BCUT2D eigenvalue weighted by Crippen LogP contribution is 2.48. The number of ether oxygens (including phenoxy) is 3. The third-order valence-corrected chi connectivity index (χ3v) is 7.42. The molecule has 1 saturated carbocycles. The van der Waals surface area contributed by atoms with Gasteiger partial charge in [-0.1, -0.05) is 6.07 Å². The number of carboxylic acid groups (broad SMARTS) is 1. The number of hydrogen-bond acceptors (Lipinski definition) is 7. The predicted octanol–water partition coefficient (Wildman–Crippen LogP) is 4.51. The van der Waals surface area contributed by atoms with E-state index in [0.717, 1.165) is 0 Å². The largest absolute Gasteiger partial charge is 0.573 e. The molecule has 0 spiro atoms. The summed E-state index contributed by atoms with van der Waals surface area (Å²) >= 11 is 0. The Morgan fingerprint density at radius 1 is 1.20 bits per heavy atom. The van der Waals surface area contributed by atoms with Crippen LogP contribution in [-0.4, -0.2) is 77.2 Å². The Morgan fingerprint density at radius 3 is 2.36 bits per heavy atom. The van der Waals surface area contributed by atoms with Crippen molar-refractivity contribution in [2.24, 2.45) is 11.8 Å². The van der Waals surface area contributed by atoms with Gasteiger partial charge in [0, 0.05) is 44.1 Å². The molecule has 0 radical (unpaired) electrons. The molecule has 1 aromatic rings. The number of carbonyl (C=O) groups is 3. The first kappa shape index (κ1) is 35.7. The van der Waals surface area contributed by atoms with Gasteiger partial charge in [0.1, 0.15) is 17.1 Å². The number of hydrogen-bond donors (Lipinski definition) is 4. The van der Waals surface area contributed by atoms with Gasteiger partial charge >= 0.3 is 18.5 Å². The molecule has 4 rings (SSSR count). The van der Waals surface area contributed by atoms with Gasteiger partial charge in [-0.15, -0.1) is 13.2 Å². The summed E-state index contributed by atoms with van der Waals surface area (Å²) in [5, 5.41) is 21.6. The monoisotopic (exact) mass is 654 g/mol. The average molecular weight is 655 g/mol. The number of methoxy groups -OCH3 is 1. The van der Waals surface area contributed by atoms with Crippen LogP contribution in [0.5, 0.6) is 11.5 Å². The molecule has 11 nitrogen and oxygen atoms in total. The highest BCUT2D eigenvalue weighted by atomic mass is 19.4. The van der Waals surface area contributed by atoms with Crippen LogP contribution in [0.3, 0.4) is 0 Å². The molecule has 0 aromatic heterocycles. The lowest BCUT2D eigenvalue weighted by atomic mass is 9.89. The summed E-state index contributed by atoms with van der Waals surface area (Å²) in [5.41, 5.74) is -1.14.